The number of alkyl carbamates (subject to hydrolysis) is 2. The van der Waals surface area contributed by atoms with Crippen molar-refractivity contribution >= 4 is 57.4 Å². The Bertz CT molecular complexity index is 2430. The van der Waals surface area contributed by atoms with Gasteiger partial charge in [-0.3, -0.25) is 9.59 Å². The van der Waals surface area contributed by atoms with E-state index in [2.05, 4.69) is 42.7 Å². The van der Waals surface area contributed by atoms with Crippen molar-refractivity contribution < 1.29 is 28.7 Å². The minimum absolute atomic E-state index is 0.139. The number of rotatable bonds is 10. The van der Waals surface area contributed by atoms with Crippen molar-refractivity contribution in [2.24, 2.45) is 11.8 Å². The van der Waals surface area contributed by atoms with Gasteiger partial charge in [-0.25, -0.2) is 39.5 Å². The van der Waals surface area contributed by atoms with Crippen molar-refractivity contribution in [3.05, 3.63) is 60.4 Å². The van der Waals surface area contributed by atoms with E-state index in [1.54, 1.807) is 22.2 Å². The van der Waals surface area contributed by atoms with Crippen LogP contribution in [-0.4, -0.2) is 113 Å². The van der Waals surface area contributed by atoms with Crippen LogP contribution in [0.2, 0.25) is 0 Å². The Morgan fingerprint density at radius 3 is 1.45 bits per heavy atom. The van der Waals surface area contributed by atoms with Crippen LogP contribution in [0.3, 0.4) is 0 Å². The molecule has 0 spiro atoms. The highest BCUT2D eigenvalue weighted by Crippen LogP contribution is 2.35. The van der Waals surface area contributed by atoms with Gasteiger partial charge in [-0.1, -0.05) is 52.0 Å². The quantitative estimate of drug-likeness (QED) is 0.133. The number of aromatic nitrogens is 8. The molecule has 312 valence electrons. The molecule has 0 bridgehead atoms. The zero-order valence-electron chi connectivity index (χ0n) is 34.4. The number of hydrogen-bond donors (Lipinski definition) is 4. The van der Waals surface area contributed by atoms with Gasteiger partial charge < -0.3 is 39.9 Å². The second-order valence-corrected chi connectivity index (χ2v) is 16.0. The van der Waals surface area contributed by atoms with Crippen molar-refractivity contribution in [2.75, 3.05) is 27.3 Å². The molecule has 4 amide bonds. The van der Waals surface area contributed by atoms with Crippen LogP contribution in [0.15, 0.2) is 48.8 Å². The maximum Gasteiger partial charge on any atom is 0.407 e. The zero-order valence-corrected chi connectivity index (χ0v) is 34.4. The lowest BCUT2D eigenvalue weighted by molar-refractivity contribution is -0.136. The van der Waals surface area contributed by atoms with Crippen molar-refractivity contribution in [1.82, 2.24) is 60.3 Å². The summed E-state index contributed by atoms with van der Waals surface area (Å²) in [7, 11) is 2.55. The molecule has 2 aliphatic rings. The highest BCUT2D eigenvalue weighted by atomic mass is 16.5. The molecule has 4 aromatic heterocycles. The van der Waals surface area contributed by atoms with Crippen molar-refractivity contribution in [2.45, 2.75) is 77.5 Å². The van der Waals surface area contributed by atoms with Gasteiger partial charge in [0.2, 0.25) is 11.8 Å². The van der Waals surface area contributed by atoms with E-state index in [1.807, 2.05) is 52.0 Å². The van der Waals surface area contributed by atoms with E-state index in [-0.39, 0.29) is 35.7 Å². The third-order valence-corrected chi connectivity index (χ3v) is 11.4. The molecule has 2 fully saturated rings. The predicted molar refractivity (Wildman–Crippen MR) is 221 cm³/mol. The smallest absolute Gasteiger partial charge is 0.407 e. The molecule has 0 saturated carbocycles. The molecule has 0 radical (unpaired) electrons. The second-order valence-electron chi connectivity index (χ2n) is 16.0. The summed E-state index contributed by atoms with van der Waals surface area (Å²) in [6, 6.07) is 10.1. The second kappa shape index (κ2) is 16.5. The van der Waals surface area contributed by atoms with Crippen LogP contribution in [-0.2, 0) is 19.1 Å². The first-order valence-corrected chi connectivity index (χ1v) is 20.2. The number of H-pyrrole nitrogens is 2. The molecule has 6 aromatic rings. The number of hydrogen-bond acceptors (Lipinski definition) is 12. The Balaban J connectivity index is 0.993. The van der Waals surface area contributed by atoms with Crippen LogP contribution in [0, 0.1) is 11.8 Å². The number of nitrogens with one attached hydrogen (secondary N) is 4. The lowest BCUT2D eigenvalue weighted by Crippen LogP contribution is -2.51. The molecule has 4 atom stereocenters. The van der Waals surface area contributed by atoms with Gasteiger partial charge in [-0.05, 0) is 60.4 Å². The number of methoxy groups -OCH3 is 2. The summed E-state index contributed by atoms with van der Waals surface area (Å²) >= 11 is 0. The number of amides is 4. The van der Waals surface area contributed by atoms with E-state index < -0.39 is 24.3 Å². The summed E-state index contributed by atoms with van der Waals surface area (Å²) in [6.45, 7) is 8.62. The third kappa shape index (κ3) is 7.76. The zero-order chi connectivity index (χ0) is 42.2. The molecule has 6 heterocycles. The van der Waals surface area contributed by atoms with E-state index >= 15 is 0 Å². The summed E-state index contributed by atoms with van der Waals surface area (Å²) in [4.78, 5) is 89.8. The number of fused-ring (bicyclic) bond motifs is 3. The summed E-state index contributed by atoms with van der Waals surface area (Å²) in [5.41, 5.74) is 5.02. The number of carbonyl (C=O) groups is 4. The Morgan fingerprint density at radius 2 is 1.07 bits per heavy atom. The van der Waals surface area contributed by atoms with Crippen LogP contribution in [0.5, 0.6) is 0 Å². The van der Waals surface area contributed by atoms with Crippen molar-refractivity contribution in [3.8, 4) is 22.5 Å². The van der Waals surface area contributed by atoms with E-state index in [9.17, 15) is 19.2 Å². The highest BCUT2D eigenvalue weighted by Gasteiger charge is 2.39. The molecule has 60 heavy (non-hydrogen) atoms. The summed E-state index contributed by atoms with van der Waals surface area (Å²) < 4.78 is 9.52. The van der Waals surface area contributed by atoms with Gasteiger partial charge >= 0.3 is 12.2 Å². The van der Waals surface area contributed by atoms with Crippen LogP contribution < -0.4 is 10.6 Å². The van der Waals surface area contributed by atoms with E-state index in [0.717, 1.165) is 47.6 Å². The maximum absolute atomic E-state index is 13.6. The van der Waals surface area contributed by atoms with Crippen LogP contribution in [0.4, 0.5) is 9.59 Å². The SMILES string of the molecule is COC(=O)NC(C(=O)N1CCCC1c1nc2ncc(-c3ccc4cc(-c5cnc6nc(C7CCCN7C(=O)C(NC(=O)OC)C(C)C)[nH]c6n5)ccc4c3)nc2[nH]1)C(C)C. The largest absolute Gasteiger partial charge is 0.453 e. The fourth-order valence-electron chi connectivity index (χ4n) is 8.17. The van der Waals surface area contributed by atoms with E-state index in [4.69, 9.17) is 29.4 Å². The van der Waals surface area contributed by atoms with Crippen molar-refractivity contribution in [3.63, 3.8) is 0 Å². The summed E-state index contributed by atoms with van der Waals surface area (Å²) in [6.07, 6.45) is 5.13. The molecule has 18 heteroatoms. The lowest BCUT2D eigenvalue weighted by atomic mass is 10.0. The summed E-state index contributed by atoms with van der Waals surface area (Å²) in [5, 5.41) is 7.35. The number of carbonyl (C=O) groups excluding carboxylic acids is 4. The van der Waals surface area contributed by atoms with Gasteiger partial charge in [0, 0.05) is 24.2 Å². The molecule has 2 aromatic carbocycles. The molecule has 8 rings (SSSR count). The van der Waals surface area contributed by atoms with Crippen molar-refractivity contribution in [1.29, 1.82) is 0 Å². The van der Waals surface area contributed by atoms with Gasteiger partial charge in [0.05, 0.1) is 50.1 Å². The van der Waals surface area contributed by atoms with Gasteiger partial charge in [0.1, 0.15) is 23.7 Å². The molecule has 2 saturated heterocycles. The number of likely N-dealkylation sites (tertiary alicyclic amines) is 2. The fourth-order valence-corrected chi connectivity index (χ4v) is 8.17. The third-order valence-electron chi connectivity index (χ3n) is 11.4. The number of nitrogens with zero attached hydrogens (tertiary/aromatic N) is 8. The molecular formula is C42H48N12O6. The maximum atomic E-state index is 13.6. The first kappa shape index (κ1) is 40.1. The first-order chi connectivity index (χ1) is 28.9. The minimum atomic E-state index is -0.730. The molecule has 4 N–H and O–H groups in total. The monoisotopic (exact) mass is 816 g/mol. The molecular weight excluding hydrogens is 769 g/mol. The molecule has 2 aliphatic heterocycles. The molecule has 4 unspecified atom stereocenters. The Morgan fingerprint density at radius 1 is 0.650 bits per heavy atom. The van der Waals surface area contributed by atoms with E-state index in [0.29, 0.717) is 58.7 Å². The topological polar surface area (TPSA) is 226 Å². The predicted octanol–water partition coefficient (Wildman–Crippen LogP) is 5.59. The average molecular weight is 817 g/mol. The van der Waals surface area contributed by atoms with Crippen LogP contribution in [0.25, 0.3) is 55.9 Å². The van der Waals surface area contributed by atoms with Gasteiger partial charge in [-0.15, -0.1) is 0 Å². The highest BCUT2D eigenvalue weighted by molar-refractivity contribution is 5.91. The van der Waals surface area contributed by atoms with Gasteiger partial charge in [0.25, 0.3) is 0 Å². The number of benzene rings is 2. The first-order valence-electron chi connectivity index (χ1n) is 20.2. The Labute approximate surface area is 345 Å². The average Bonchev–Trinajstić information content (AvgIpc) is 4.08. The Hall–Kier alpha value is -6.72. The minimum Gasteiger partial charge on any atom is -0.453 e. The Kier molecular flexibility index (Phi) is 11.0. The number of imidazole rings is 2. The standard InChI is InChI=1S/C42H48N12O6/c1-21(2)31(47-41(57)59-5)39(55)53-15-7-9-29(53)33-49-35-37(51-33)45-27(19-43-35)25-13-11-24-18-26(14-12-23(24)17-25)28-20-44-36-38(46-28)52-34(50-36)30-10-8-16-54(30)40(56)32(22(3)4)48-42(58)60-6/h11-14,17-22,29-32H,7-10,15-16H2,1-6H3,(H,47,57)(H,48,58)(H,43,45,49,51)(H,44,46,50,52). The van der Waals surface area contributed by atoms with Gasteiger partial charge in [-0.2, -0.15) is 0 Å². The number of ether oxygens (including phenoxy) is 2. The van der Waals surface area contributed by atoms with Gasteiger partial charge in [0.15, 0.2) is 22.6 Å². The fraction of sp³-hybridized carbons (Fsp3) is 0.429. The number of aromatic amines is 2. The summed E-state index contributed by atoms with van der Waals surface area (Å²) in [5.74, 6) is 0.563. The van der Waals surface area contributed by atoms with Crippen LogP contribution in [0.1, 0.15) is 77.1 Å². The normalized spacial score (nSPS) is 17.8. The molecule has 0 aliphatic carbocycles. The molecule has 18 nitrogen and oxygen atoms in total. The lowest BCUT2D eigenvalue weighted by Gasteiger charge is -2.29. The van der Waals surface area contributed by atoms with E-state index in [1.165, 1.54) is 14.2 Å². The van der Waals surface area contributed by atoms with Crippen LogP contribution >= 0.6 is 0 Å².